The van der Waals surface area contributed by atoms with E-state index in [1.165, 1.54) is 49.9 Å². The van der Waals surface area contributed by atoms with Crippen LogP contribution in [0.5, 0.6) is 0 Å². The Balaban J connectivity index is 1.70. The molecule has 0 radical (unpaired) electrons. The first-order chi connectivity index (χ1) is 9.68. The van der Waals surface area contributed by atoms with E-state index in [1.807, 2.05) is 6.20 Å². The molecule has 3 nitrogen and oxygen atoms in total. The quantitative estimate of drug-likeness (QED) is 0.775. The van der Waals surface area contributed by atoms with Crippen LogP contribution in [0, 0.1) is 0 Å². The third-order valence-corrected chi connectivity index (χ3v) is 4.40. The van der Waals surface area contributed by atoms with Crippen LogP contribution in [0.3, 0.4) is 0 Å². The molecule has 0 spiro atoms. The van der Waals surface area contributed by atoms with Crippen molar-refractivity contribution in [1.82, 2.24) is 15.2 Å². The van der Waals surface area contributed by atoms with Gasteiger partial charge in [-0.25, -0.2) is 0 Å². The number of aryl methyl sites for hydroxylation is 1. The number of aromatic nitrogens is 1. The van der Waals surface area contributed by atoms with Crippen molar-refractivity contribution in [3.8, 4) is 0 Å². The highest BCUT2D eigenvalue weighted by atomic mass is 15.1. The molecule has 1 unspecified atom stereocenters. The molecule has 112 valence electrons. The number of nitrogens with one attached hydrogen (secondary N) is 1. The molecule has 0 fully saturated rings. The summed E-state index contributed by atoms with van der Waals surface area (Å²) in [4.78, 5) is 6.99. The minimum atomic E-state index is 0.475. The van der Waals surface area contributed by atoms with E-state index in [-0.39, 0.29) is 0 Å². The van der Waals surface area contributed by atoms with Gasteiger partial charge in [0.05, 0.1) is 5.69 Å². The minimum Gasteiger partial charge on any atom is -0.309 e. The van der Waals surface area contributed by atoms with E-state index in [0.29, 0.717) is 12.1 Å². The van der Waals surface area contributed by atoms with Gasteiger partial charge in [-0.15, -0.1) is 0 Å². The van der Waals surface area contributed by atoms with Crippen molar-refractivity contribution in [3.05, 3.63) is 29.6 Å². The highest BCUT2D eigenvalue weighted by Gasteiger charge is 2.20. The summed E-state index contributed by atoms with van der Waals surface area (Å²) in [5.41, 5.74) is 2.73. The second kappa shape index (κ2) is 7.75. The Kier molecular flexibility index (Phi) is 5.99. The standard InChI is InChI=1S/C17H29N3/c1-14(2)20(3)13-5-4-11-18-16-10-6-8-15-9-7-12-19-17(15)16/h7,9,12,14,16,18H,4-6,8,10-11,13H2,1-3H3. The lowest BCUT2D eigenvalue weighted by Crippen LogP contribution is -2.29. The molecule has 2 rings (SSSR count). The second-order valence-electron chi connectivity index (χ2n) is 6.23. The van der Waals surface area contributed by atoms with E-state index in [1.54, 1.807) is 0 Å². The van der Waals surface area contributed by atoms with E-state index in [4.69, 9.17) is 0 Å². The van der Waals surface area contributed by atoms with Crippen molar-refractivity contribution in [1.29, 1.82) is 0 Å². The van der Waals surface area contributed by atoms with Gasteiger partial charge in [-0.2, -0.15) is 0 Å². The summed E-state index contributed by atoms with van der Waals surface area (Å²) in [6.07, 6.45) is 8.15. The average molecular weight is 275 g/mol. The van der Waals surface area contributed by atoms with Crippen molar-refractivity contribution >= 4 is 0 Å². The zero-order valence-electron chi connectivity index (χ0n) is 13.2. The smallest absolute Gasteiger partial charge is 0.0605 e. The van der Waals surface area contributed by atoms with Gasteiger partial charge in [0, 0.05) is 18.3 Å². The molecule has 1 aliphatic carbocycles. The lowest BCUT2D eigenvalue weighted by Gasteiger charge is -2.25. The normalized spacial score (nSPS) is 18.6. The van der Waals surface area contributed by atoms with E-state index in [9.17, 15) is 0 Å². The SMILES string of the molecule is CC(C)N(C)CCCCNC1CCCc2cccnc21. The van der Waals surface area contributed by atoms with Crippen molar-refractivity contribution in [2.45, 2.75) is 58.0 Å². The first-order valence-corrected chi connectivity index (χ1v) is 8.06. The van der Waals surface area contributed by atoms with Crippen LogP contribution in [0.4, 0.5) is 0 Å². The maximum Gasteiger partial charge on any atom is 0.0605 e. The Morgan fingerprint density at radius 3 is 3.05 bits per heavy atom. The van der Waals surface area contributed by atoms with Crippen LogP contribution >= 0.6 is 0 Å². The van der Waals surface area contributed by atoms with Crippen LogP contribution in [0.15, 0.2) is 18.3 Å². The molecule has 0 aliphatic heterocycles. The molecule has 1 aliphatic rings. The summed E-state index contributed by atoms with van der Waals surface area (Å²) in [5, 5.41) is 3.70. The molecule has 0 saturated carbocycles. The number of hydrogen-bond acceptors (Lipinski definition) is 3. The van der Waals surface area contributed by atoms with Gasteiger partial charge in [-0.3, -0.25) is 4.98 Å². The summed E-state index contributed by atoms with van der Waals surface area (Å²) in [5.74, 6) is 0. The number of pyridine rings is 1. The molecule has 0 bridgehead atoms. The lowest BCUT2D eigenvalue weighted by atomic mass is 9.92. The maximum atomic E-state index is 4.58. The molecule has 1 aromatic rings. The van der Waals surface area contributed by atoms with E-state index >= 15 is 0 Å². The predicted molar refractivity (Wildman–Crippen MR) is 84.9 cm³/mol. The summed E-state index contributed by atoms with van der Waals surface area (Å²) in [6.45, 7) is 6.80. The monoisotopic (exact) mass is 275 g/mol. The van der Waals surface area contributed by atoms with Crippen LogP contribution in [0.1, 0.15) is 56.8 Å². The topological polar surface area (TPSA) is 28.2 Å². The van der Waals surface area contributed by atoms with Gasteiger partial charge < -0.3 is 10.2 Å². The number of fused-ring (bicyclic) bond motifs is 1. The van der Waals surface area contributed by atoms with Crippen LogP contribution in [-0.2, 0) is 6.42 Å². The highest BCUT2D eigenvalue weighted by molar-refractivity contribution is 5.25. The highest BCUT2D eigenvalue weighted by Crippen LogP contribution is 2.27. The minimum absolute atomic E-state index is 0.475. The zero-order valence-corrected chi connectivity index (χ0v) is 13.2. The molecule has 0 amide bonds. The Hall–Kier alpha value is -0.930. The van der Waals surface area contributed by atoms with Crippen molar-refractivity contribution in [3.63, 3.8) is 0 Å². The Morgan fingerprint density at radius 2 is 2.25 bits per heavy atom. The molecule has 0 saturated heterocycles. The Bertz CT molecular complexity index is 403. The van der Waals surface area contributed by atoms with Gasteiger partial charge in [0.1, 0.15) is 0 Å². The first-order valence-electron chi connectivity index (χ1n) is 8.06. The van der Waals surface area contributed by atoms with E-state index in [2.05, 4.69) is 48.2 Å². The second-order valence-corrected chi connectivity index (χ2v) is 6.23. The molecular weight excluding hydrogens is 246 g/mol. The maximum absolute atomic E-state index is 4.58. The average Bonchev–Trinajstić information content (AvgIpc) is 2.46. The fraction of sp³-hybridized carbons (Fsp3) is 0.706. The Morgan fingerprint density at radius 1 is 1.40 bits per heavy atom. The third kappa shape index (κ3) is 4.29. The van der Waals surface area contributed by atoms with Crippen LogP contribution in [-0.4, -0.2) is 36.1 Å². The first kappa shape index (κ1) is 15.5. The molecule has 1 aromatic heterocycles. The number of nitrogens with zero attached hydrogens (tertiary/aromatic N) is 2. The van der Waals surface area contributed by atoms with Gasteiger partial charge in [-0.05, 0) is 77.7 Å². The van der Waals surface area contributed by atoms with E-state index < -0.39 is 0 Å². The van der Waals surface area contributed by atoms with Crippen LogP contribution < -0.4 is 5.32 Å². The van der Waals surface area contributed by atoms with Gasteiger partial charge in [0.25, 0.3) is 0 Å². The predicted octanol–water partition coefficient (Wildman–Crippen LogP) is 3.17. The number of hydrogen-bond donors (Lipinski definition) is 1. The summed E-state index contributed by atoms with van der Waals surface area (Å²) in [7, 11) is 2.21. The number of rotatable bonds is 7. The molecular formula is C17H29N3. The Labute approximate surface area is 123 Å². The largest absolute Gasteiger partial charge is 0.309 e. The van der Waals surface area contributed by atoms with Crippen molar-refractivity contribution in [2.24, 2.45) is 0 Å². The zero-order chi connectivity index (χ0) is 14.4. The molecule has 1 heterocycles. The fourth-order valence-corrected chi connectivity index (χ4v) is 2.83. The molecule has 3 heteroatoms. The molecule has 1 atom stereocenters. The molecule has 1 N–H and O–H groups in total. The van der Waals surface area contributed by atoms with Crippen molar-refractivity contribution < 1.29 is 0 Å². The molecule has 0 aromatic carbocycles. The van der Waals surface area contributed by atoms with Crippen LogP contribution in [0.2, 0.25) is 0 Å². The fourth-order valence-electron chi connectivity index (χ4n) is 2.83. The van der Waals surface area contributed by atoms with Gasteiger partial charge >= 0.3 is 0 Å². The lowest BCUT2D eigenvalue weighted by molar-refractivity contribution is 0.267. The van der Waals surface area contributed by atoms with Crippen molar-refractivity contribution in [2.75, 3.05) is 20.1 Å². The molecule has 20 heavy (non-hydrogen) atoms. The summed E-state index contributed by atoms with van der Waals surface area (Å²) in [6, 6.07) is 5.41. The summed E-state index contributed by atoms with van der Waals surface area (Å²) < 4.78 is 0. The summed E-state index contributed by atoms with van der Waals surface area (Å²) >= 11 is 0. The number of unbranched alkanes of at least 4 members (excludes halogenated alkanes) is 1. The van der Waals surface area contributed by atoms with Gasteiger partial charge in [0.15, 0.2) is 0 Å². The third-order valence-electron chi connectivity index (χ3n) is 4.40. The van der Waals surface area contributed by atoms with Gasteiger partial charge in [0.2, 0.25) is 0 Å². The van der Waals surface area contributed by atoms with E-state index in [0.717, 1.165) is 6.54 Å². The van der Waals surface area contributed by atoms with Gasteiger partial charge in [-0.1, -0.05) is 6.07 Å². The van der Waals surface area contributed by atoms with Crippen LogP contribution in [0.25, 0.3) is 0 Å².